The van der Waals surface area contributed by atoms with Gasteiger partial charge >= 0.3 is 11.9 Å². The van der Waals surface area contributed by atoms with Crippen LogP contribution in [-0.2, 0) is 16.1 Å². The number of rotatable bonds is 5. The first-order valence-electron chi connectivity index (χ1n) is 4.94. The number of alkyl halides is 2. The lowest BCUT2D eigenvalue weighted by Crippen LogP contribution is -2.44. The number of carbonyl (C=O) groups excluding carboxylic acids is 1. The van der Waals surface area contributed by atoms with Gasteiger partial charge in [0.2, 0.25) is 5.91 Å². The normalized spacial score (nSPS) is 11.4. The van der Waals surface area contributed by atoms with Gasteiger partial charge in [0.1, 0.15) is 0 Å². The van der Waals surface area contributed by atoms with Crippen LogP contribution in [0, 0.1) is 0 Å². The summed E-state index contributed by atoms with van der Waals surface area (Å²) >= 11 is 12.6. The van der Waals surface area contributed by atoms with Crippen molar-refractivity contribution < 1.29 is 23.5 Å². The molecule has 0 saturated heterocycles. The highest BCUT2D eigenvalue weighted by molar-refractivity contribution is 7.20. The van der Waals surface area contributed by atoms with E-state index in [9.17, 15) is 18.4 Å². The molecule has 4 nitrogen and oxygen atoms in total. The maximum Gasteiger partial charge on any atom is 0.376 e. The van der Waals surface area contributed by atoms with Gasteiger partial charge in [-0.1, -0.05) is 23.2 Å². The first-order chi connectivity index (χ1) is 8.63. The quantitative estimate of drug-likeness (QED) is 0.901. The summed E-state index contributed by atoms with van der Waals surface area (Å²) in [6.07, 6.45) is 0. The molecule has 0 radical (unpaired) electrons. The molecule has 1 rings (SSSR count). The van der Waals surface area contributed by atoms with Gasteiger partial charge in [-0.2, -0.15) is 8.78 Å². The monoisotopic (exact) mass is 331 g/mol. The topological polar surface area (TPSA) is 57.6 Å². The van der Waals surface area contributed by atoms with E-state index in [4.69, 9.17) is 28.3 Å². The van der Waals surface area contributed by atoms with Crippen LogP contribution in [0.1, 0.15) is 12.5 Å². The van der Waals surface area contributed by atoms with Gasteiger partial charge in [-0.25, -0.2) is 4.79 Å². The van der Waals surface area contributed by atoms with Crippen molar-refractivity contribution in [3.8, 4) is 0 Å². The van der Waals surface area contributed by atoms with E-state index in [-0.39, 0.29) is 10.9 Å². The Morgan fingerprint density at radius 2 is 2.05 bits per heavy atom. The second kappa shape index (κ2) is 6.02. The van der Waals surface area contributed by atoms with Crippen LogP contribution >= 0.6 is 34.5 Å². The van der Waals surface area contributed by atoms with Crippen molar-refractivity contribution in [2.45, 2.75) is 19.4 Å². The number of amides is 1. The first kappa shape index (κ1) is 16.1. The fraction of sp³-hybridized carbons (Fsp3) is 0.400. The third-order valence-corrected chi connectivity index (χ3v) is 3.81. The average Bonchev–Trinajstić information content (AvgIpc) is 2.55. The molecule has 0 aliphatic rings. The van der Waals surface area contributed by atoms with Crippen LogP contribution < -0.4 is 0 Å². The van der Waals surface area contributed by atoms with Crippen molar-refractivity contribution in [3.05, 3.63) is 20.3 Å². The van der Waals surface area contributed by atoms with Crippen LogP contribution in [0.5, 0.6) is 0 Å². The van der Waals surface area contributed by atoms with E-state index in [1.807, 2.05) is 0 Å². The van der Waals surface area contributed by atoms with E-state index >= 15 is 0 Å². The fourth-order valence-corrected chi connectivity index (χ4v) is 2.75. The minimum absolute atomic E-state index is 0.222. The number of hydrogen-bond acceptors (Lipinski definition) is 3. The minimum Gasteiger partial charge on any atom is -0.477 e. The molecule has 1 amide bonds. The summed E-state index contributed by atoms with van der Waals surface area (Å²) in [5, 5.41) is 8.36. The summed E-state index contributed by atoms with van der Waals surface area (Å²) in [4.78, 5) is 22.4. The zero-order chi connectivity index (χ0) is 14.8. The molecule has 0 aliphatic heterocycles. The minimum atomic E-state index is -4.02. The molecular formula is C10H9Cl2F2NO3S. The highest BCUT2D eigenvalue weighted by atomic mass is 35.5. The van der Waals surface area contributed by atoms with Crippen molar-refractivity contribution in [2.24, 2.45) is 0 Å². The second-order valence-electron chi connectivity index (χ2n) is 3.73. The number of nitrogens with zero attached hydrogens (tertiary/aromatic N) is 1. The largest absolute Gasteiger partial charge is 0.477 e. The van der Waals surface area contributed by atoms with Gasteiger partial charge in [0, 0.05) is 19.0 Å². The molecule has 0 bridgehead atoms. The van der Waals surface area contributed by atoms with Crippen molar-refractivity contribution >= 4 is 46.4 Å². The Kier molecular flexibility index (Phi) is 5.11. The summed E-state index contributed by atoms with van der Waals surface area (Å²) in [7, 11) is 0. The Bertz CT molecular complexity index is 507. The lowest BCUT2D eigenvalue weighted by atomic mass is 10.2. The van der Waals surface area contributed by atoms with Crippen molar-refractivity contribution in [2.75, 3.05) is 6.54 Å². The Morgan fingerprint density at radius 3 is 2.42 bits per heavy atom. The molecule has 0 fully saturated rings. The van der Waals surface area contributed by atoms with Crippen LogP contribution in [-0.4, -0.2) is 34.4 Å². The zero-order valence-electron chi connectivity index (χ0n) is 9.62. The second-order valence-corrected chi connectivity index (χ2v) is 6.02. The molecule has 0 atom stereocenters. The summed E-state index contributed by atoms with van der Waals surface area (Å²) < 4.78 is 26.9. The average molecular weight is 332 g/mol. The highest BCUT2D eigenvalue weighted by Gasteiger charge is 2.41. The first-order valence-corrected chi connectivity index (χ1v) is 6.51. The Morgan fingerprint density at radius 1 is 1.47 bits per heavy atom. The van der Waals surface area contributed by atoms with Crippen molar-refractivity contribution in [1.82, 2.24) is 4.90 Å². The van der Waals surface area contributed by atoms with Crippen LogP contribution in [0.4, 0.5) is 8.78 Å². The molecule has 0 spiro atoms. The molecule has 1 heterocycles. The van der Waals surface area contributed by atoms with E-state index in [1.54, 1.807) is 0 Å². The van der Waals surface area contributed by atoms with E-state index in [0.717, 1.165) is 18.3 Å². The molecule has 1 aromatic heterocycles. The van der Waals surface area contributed by atoms with Crippen LogP contribution in [0.15, 0.2) is 6.07 Å². The van der Waals surface area contributed by atoms with Crippen molar-refractivity contribution in [1.29, 1.82) is 0 Å². The molecule has 1 N–H and O–H groups in total. The number of carbonyl (C=O) groups is 2. The molecule has 9 heteroatoms. The van der Waals surface area contributed by atoms with Gasteiger partial charge in [-0.3, -0.25) is 4.79 Å². The molecule has 0 aromatic carbocycles. The molecule has 106 valence electrons. The maximum atomic E-state index is 13.1. The van der Waals surface area contributed by atoms with Gasteiger partial charge in [0.15, 0.2) is 0 Å². The SMILES string of the molecule is CC(=O)N(Cc1cc(Cl)sc1Cl)CC(F)(F)C(=O)O. The number of thiophene rings is 1. The van der Waals surface area contributed by atoms with Crippen LogP contribution in [0.25, 0.3) is 0 Å². The van der Waals surface area contributed by atoms with Gasteiger partial charge < -0.3 is 10.0 Å². The lowest BCUT2D eigenvalue weighted by molar-refractivity contribution is -0.169. The Hall–Kier alpha value is -0.920. The summed E-state index contributed by atoms with van der Waals surface area (Å²) in [6, 6.07) is 1.45. The molecule has 0 saturated carbocycles. The predicted molar refractivity (Wildman–Crippen MR) is 68.0 cm³/mol. The maximum absolute atomic E-state index is 13.1. The van der Waals surface area contributed by atoms with Crippen LogP contribution in [0.3, 0.4) is 0 Å². The lowest BCUT2D eigenvalue weighted by Gasteiger charge is -2.24. The number of carboxylic acid groups (broad SMARTS) is 1. The zero-order valence-corrected chi connectivity index (χ0v) is 12.0. The summed E-state index contributed by atoms with van der Waals surface area (Å²) in [5.74, 6) is -6.98. The number of carboxylic acids is 1. The van der Waals surface area contributed by atoms with Gasteiger partial charge in [-0.15, -0.1) is 11.3 Å². The Labute approximate surface area is 121 Å². The smallest absolute Gasteiger partial charge is 0.376 e. The van der Waals surface area contributed by atoms with Gasteiger partial charge in [0.25, 0.3) is 0 Å². The standard InChI is InChI=1S/C10H9Cl2F2NO3S/c1-5(16)15(4-10(13,14)9(17)18)3-6-2-7(11)19-8(6)12/h2H,3-4H2,1H3,(H,17,18). The third kappa shape index (κ3) is 4.29. The number of aliphatic carboxylic acids is 1. The van der Waals surface area contributed by atoms with E-state index in [0.29, 0.717) is 14.8 Å². The predicted octanol–water partition coefficient (Wildman–Crippen LogP) is 3.12. The van der Waals surface area contributed by atoms with E-state index in [2.05, 4.69) is 0 Å². The van der Waals surface area contributed by atoms with E-state index < -0.39 is 24.3 Å². The molecule has 1 aromatic rings. The fourth-order valence-electron chi connectivity index (χ4n) is 1.27. The molecule has 0 unspecified atom stereocenters. The molecule has 0 aliphatic carbocycles. The third-order valence-electron chi connectivity index (χ3n) is 2.24. The molecule has 19 heavy (non-hydrogen) atoms. The highest BCUT2D eigenvalue weighted by Crippen LogP contribution is 2.32. The van der Waals surface area contributed by atoms with Crippen molar-refractivity contribution in [3.63, 3.8) is 0 Å². The number of hydrogen-bond donors (Lipinski definition) is 1. The summed E-state index contributed by atoms with van der Waals surface area (Å²) in [5.41, 5.74) is 0.396. The van der Waals surface area contributed by atoms with Gasteiger partial charge in [0.05, 0.1) is 15.2 Å². The molecular weight excluding hydrogens is 323 g/mol. The van der Waals surface area contributed by atoms with Crippen LogP contribution in [0.2, 0.25) is 8.67 Å². The van der Waals surface area contributed by atoms with E-state index in [1.165, 1.54) is 6.07 Å². The Balaban J connectivity index is 2.88. The van der Waals surface area contributed by atoms with Gasteiger partial charge in [-0.05, 0) is 6.07 Å². The summed E-state index contributed by atoms with van der Waals surface area (Å²) in [6.45, 7) is -0.373. The number of halogens is 4.